The van der Waals surface area contributed by atoms with E-state index in [-0.39, 0.29) is 24.1 Å². The summed E-state index contributed by atoms with van der Waals surface area (Å²) in [5.74, 6) is -0.00198. The van der Waals surface area contributed by atoms with Crippen molar-refractivity contribution in [2.75, 3.05) is 26.1 Å². The predicted molar refractivity (Wildman–Crippen MR) is 134 cm³/mol. The Morgan fingerprint density at radius 1 is 0.973 bits per heavy atom. The molecule has 2 heterocycles. The third kappa shape index (κ3) is 5.25. The van der Waals surface area contributed by atoms with Crippen LogP contribution in [0.15, 0.2) is 68.8 Å². The monoisotopic (exact) mass is 507 g/mol. The molecule has 0 aliphatic rings. The lowest BCUT2D eigenvalue weighted by Crippen LogP contribution is -2.42. The highest BCUT2D eigenvalue weighted by molar-refractivity contribution is 5.93. The second-order valence-corrected chi connectivity index (χ2v) is 7.91. The molecular weight excluding hydrogens is 482 g/mol. The fourth-order valence-electron chi connectivity index (χ4n) is 3.84. The molecule has 0 fully saturated rings. The molecule has 4 rings (SSSR count). The lowest BCUT2D eigenvalue weighted by molar-refractivity contribution is -0.116. The molecule has 0 aliphatic carbocycles. The van der Waals surface area contributed by atoms with Crippen LogP contribution in [0.5, 0.6) is 11.5 Å². The van der Waals surface area contributed by atoms with Crippen molar-refractivity contribution < 1.29 is 28.2 Å². The third-order valence-corrected chi connectivity index (χ3v) is 5.61. The van der Waals surface area contributed by atoms with Gasteiger partial charge in [-0.2, -0.15) is 0 Å². The van der Waals surface area contributed by atoms with E-state index in [1.165, 1.54) is 49.3 Å². The van der Waals surface area contributed by atoms with Crippen LogP contribution in [0.4, 0.5) is 5.69 Å². The van der Waals surface area contributed by atoms with Gasteiger partial charge in [0.05, 0.1) is 50.1 Å². The minimum absolute atomic E-state index is 0.119. The first-order valence-electron chi connectivity index (χ1n) is 11.3. The van der Waals surface area contributed by atoms with Crippen LogP contribution in [0, 0.1) is 0 Å². The first-order chi connectivity index (χ1) is 17.9. The van der Waals surface area contributed by atoms with Gasteiger partial charge in [-0.15, -0.1) is 0 Å². The zero-order valence-corrected chi connectivity index (χ0v) is 20.5. The Hall–Kier alpha value is -4.80. The van der Waals surface area contributed by atoms with Crippen LogP contribution in [0.3, 0.4) is 0 Å². The molecular formula is C26H25N3O8. The second-order valence-electron chi connectivity index (χ2n) is 7.91. The van der Waals surface area contributed by atoms with Crippen LogP contribution in [0.2, 0.25) is 0 Å². The highest BCUT2D eigenvalue weighted by Crippen LogP contribution is 2.30. The van der Waals surface area contributed by atoms with Crippen molar-refractivity contribution in [1.82, 2.24) is 9.13 Å². The number of aromatic nitrogens is 2. The number of amides is 1. The average molecular weight is 507 g/mol. The molecule has 11 nitrogen and oxygen atoms in total. The fourth-order valence-corrected chi connectivity index (χ4v) is 3.84. The number of ether oxygens (including phenoxy) is 3. The molecule has 2 aromatic heterocycles. The SMILES string of the molecule is CCOC(=O)c1ccc(NC(=O)Cn2c(=O)n(Cc3ccco3)c(=O)c3cc(OC)c(OC)cc32)cc1. The van der Waals surface area contributed by atoms with E-state index in [1.54, 1.807) is 31.2 Å². The summed E-state index contributed by atoms with van der Waals surface area (Å²) in [5, 5.41) is 2.86. The van der Waals surface area contributed by atoms with Crippen molar-refractivity contribution in [1.29, 1.82) is 0 Å². The molecule has 11 heteroatoms. The lowest BCUT2D eigenvalue weighted by atomic mass is 10.2. The molecule has 192 valence electrons. The van der Waals surface area contributed by atoms with Crippen LogP contribution in [-0.2, 0) is 22.6 Å². The third-order valence-electron chi connectivity index (χ3n) is 5.61. The van der Waals surface area contributed by atoms with Gasteiger partial charge in [0.15, 0.2) is 11.5 Å². The molecule has 2 aromatic carbocycles. The van der Waals surface area contributed by atoms with Crippen LogP contribution in [0.25, 0.3) is 10.9 Å². The van der Waals surface area contributed by atoms with Gasteiger partial charge < -0.3 is 23.9 Å². The number of anilines is 1. The van der Waals surface area contributed by atoms with Gasteiger partial charge in [-0.3, -0.25) is 18.7 Å². The number of esters is 1. The number of methoxy groups -OCH3 is 2. The molecule has 0 radical (unpaired) electrons. The molecule has 0 spiro atoms. The van der Waals surface area contributed by atoms with E-state index >= 15 is 0 Å². The number of rotatable bonds is 9. The summed E-state index contributed by atoms with van der Waals surface area (Å²) >= 11 is 0. The molecule has 4 aromatic rings. The Morgan fingerprint density at radius 2 is 1.68 bits per heavy atom. The molecule has 0 saturated carbocycles. The maximum Gasteiger partial charge on any atom is 0.338 e. The van der Waals surface area contributed by atoms with E-state index < -0.39 is 29.7 Å². The average Bonchev–Trinajstić information content (AvgIpc) is 3.42. The van der Waals surface area contributed by atoms with Gasteiger partial charge in [-0.25, -0.2) is 9.59 Å². The van der Waals surface area contributed by atoms with Gasteiger partial charge in [0.1, 0.15) is 12.3 Å². The Bertz CT molecular complexity index is 1550. The zero-order chi connectivity index (χ0) is 26.5. The maximum absolute atomic E-state index is 13.4. The van der Waals surface area contributed by atoms with Gasteiger partial charge in [0, 0.05) is 11.8 Å². The topological polar surface area (TPSA) is 131 Å². The molecule has 0 atom stereocenters. The van der Waals surface area contributed by atoms with Crippen molar-refractivity contribution in [2.24, 2.45) is 0 Å². The normalized spacial score (nSPS) is 10.8. The van der Waals surface area contributed by atoms with Gasteiger partial charge in [-0.1, -0.05) is 0 Å². The number of hydrogen-bond donors (Lipinski definition) is 1. The van der Waals surface area contributed by atoms with Crippen LogP contribution >= 0.6 is 0 Å². The number of furan rings is 1. The first kappa shape index (κ1) is 25.3. The number of benzene rings is 2. The number of carbonyl (C=O) groups is 2. The lowest BCUT2D eigenvalue weighted by Gasteiger charge is -2.16. The van der Waals surface area contributed by atoms with Gasteiger partial charge >= 0.3 is 11.7 Å². The summed E-state index contributed by atoms with van der Waals surface area (Å²) in [6.45, 7) is 1.44. The summed E-state index contributed by atoms with van der Waals surface area (Å²) in [6.07, 6.45) is 1.44. The first-order valence-corrected chi connectivity index (χ1v) is 11.3. The zero-order valence-electron chi connectivity index (χ0n) is 20.5. The number of hydrogen-bond acceptors (Lipinski definition) is 8. The van der Waals surface area contributed by atoms with Gasteiger partial charge in [0.2, 0.25) is 5.91 Å². The maximum atomic E-state index is 13.4. The van der Waals surface area contributed by atoms with Crippen molar-refractivity contribution in [3.63, 3.8) is 0 Å². The molecule has 0 bridgehead atoms. The highest BCUT2D eigenvalue weighted by atomic mass is 16.5. The van der Waals surface area contributed by atoms with Crippen molar-refractivity contribution in [2.45, 2.75) is 20.0 Å². The number of carbonyl (C=O) groups excluding carboxylic acids is 2. The largest absolute Gasteiger partial charge is 0.493 e. The van der Waals surface area contributed by atoms with E-state index in [0.717, 1.165) is 4.57 Å². The number of nitrogens with zero attached hydrogens (tertiary/aromatic N) is 2. The van der Waals surface area contributed by atoms with E-state index in [0.29, 0.717) is 28.5 Å². The molecule has 1 N–H and O–H groups in total. The minimum Gasteiger partial charge on any atom is -0.493 e. The van der Waals surface area contributed by atoms with E-state index in [4.69, 9.17) is 18.6 Å². The van der Waals surface area contributed by atoms with E-state index in [2.05, 4.69) is 5.32 Å². The van der Waals surface area contributed by atoms with E-state index in [1.807, 2.05) is 0 Å². The molecule has 1 amide bonds. The van der Waals surface area contributed by atoms with Crippen LogP contribution in [0.1, 0.15) is 23.0 Å². The Kier molecular flexibility index (Phi) is 7.42. The fraction of sp³-hybridized carbons (Fsp3) is 0.231. The van der Waals surface area contributed by atoms with Crippen molar-refractivity contribution >= 4 is 28.5 Å². The van der Waals surface area contributed by atoms with Crippen molar-refractivity contribution in [3.05, 3.63) is 87.0 Å². The summed E-state index contributed by atoms with van der Waals surface area (Å²) < 4.78 is 23.1. The molecule has 37 heavy (non-hydrogen) atoms. The summed E-state index contributed by atoms with van der Waals surface area (Å²) in [4.78, 5) is 51.5. The minimum atomic E-state index is -0.700. The van der Waals surface area contributed by atoms with Crippen LogP contribution in [-0.4, -0.2) is 41.8 Å². The molecule has 0 saturated heterocycles. The van der Waals surface area contributed by atoms with Gasteiger partial charge in [-0.05, 0) is 49.4 Å². The standard InChI is InChI=1S/C26H25N3O8/c1-4-36-25(32)16-7-9-17(10-8-16)27-23(30)15-28-20-13-22(35-3)21(34-2)12-19(20)24(31)29(26(28)33)14-18-6-5-11-37-18/h5-13H,4,14-15H2,1-3H3,(H,27,30). The summed E-state index contributed by atoms with van der Waals surface area (Å²) in [7, 11) is 2.86. The van der Waals surface area contributed by atoms with E-state index in [9.17, 15) is 19.2 Å². The Labute approximate surface area is 210 Å². The molecule has 0 aliphatic heterocycles. The Balaban J connectivity index is 1.73. The smallest absolute Gasteiger partial charge is 0.338 e. The van der Waals surface area contributed by atoms with Crippen molar-refractivity contribution in [3.8, 4) is 11.5 Å². The quantitative estimate of drug-likeness (QED) is 0.342. The predicted octanol–water partition coefficient (Wildman–Crippen LogP) is 2.64. The summed E-state index contributed by atoms with van der Waals surface area (Å²) in [5.41, 5.74) is -0.305. The number of fused-ring (bicyclic) bond motifs is 1. The highest BCUT2D eigenvalue weighted by Gasteiger charge is 2.19. The Morgan fingerprint density at radius 3 is 2.30 bits per heavy atom. The summed E-state index contributed by atoms with van der Waals surface area (Å²) in [6, 6.07) is 12.4. The second kappa shape index (κ2) is 10.9. The number of nitrogens with one attached hydrogen (secondary N) is 1. The van der Waals surface area contributed by atoms with Gasteiger partial charge in [0.25, 0.3) is 5.56 Å². The van der Waals surface area contributed by atoms with Crippen LogP contribution < -0.4 is 26.0 Å². The molecule has 0 unspecified atom stereocenters.